The third-order valence-corrected chi connectivity index (χ3v) is 3.41. The van der Waals surface area contributed by atoms with Gasteiger partial charge in [0.1, 0.15) is 5.65 Å². The van der Waals surface area contributed by atoms with Crippen LogP contribution in [0.4, 0.5) is 0 Å². The second kappa shape index (κ2) is 4.35. The highest BCUT2D eigenvalue weighted by Gasteiger charge is 2.10. The van der Waals surface area contributed by atoms with Crippen LogP contribution >= 0.6 is 0 Å². The van der Waals surface area contributed by atoms with Crippen molar-refractivity contribution in [2.45, 2.75) is 0 Å². The highest BCUT2D eigenvalue weighted by Crippen LogP contribution is 2.31. The number of hydrogen-bond donors (Lipinski definition) is 1. The van der Waals surface area contributed by atoms with Crippen LogP contribution in [0.5, 0.6) is 0 Å². The number of nitrogens with zero attached hydrogens (tertiary/aromatic N) is 3. The minimum atomic E-state index is 0.901. The predicted octanol–water partition coefficient (Wildman–Crippen LogP) is 3.42. The molecule has 0 atom stereocenters. The summed E-state index contributed by atoms with van der Waals surface area (Å²) in [4.78, 5) is 7.49. The van der Waals surface area contributed by atoms with Crippen molar-refractivity contribution in [2.75, 3.05) is 0 Å². The van der Waals surface area contributed by atoms with Crippen molar-refractivity contribution in [1.82, 2.24) is 19.7 Å². The van der Waals surface area contributed by atoms with Crippen LogP contribution in [0.1, 0.15) is 0 Å². The molecule has 0 fully saturated rings. The number of fused-ring (bicyclic) bond motifs is 1. The molecule has 0 bridgehead atoms. The van der Waals surface area contributed by atoms with E-state index >= 15 is 0 Å². The number of hydrogen-bond acceptors (Lipinski definition) is 2. The lowest BCUT2D eigenvalue weighted by atomic mass is 10.0. The lowest BCUT2D eigenvalue weighted by molar-refractivity contribution is 0.882. The van der Waals surface area contributed by atoms with E-state index in [0.717, 1.165) is 27.8 Å². The van der Waals surface area contributed by atoms with E-state index in [4.69, 9.17) is 0 Å². The zero-order chi connectivity index (χ0) is 13.4. The summed E-state index contributed by atoms with van der Waals surface area (Å²) in [5.74, 6) is 0. The number of nitrogens with one attached hydrogen (secondary N) is 1. The first-order valence-corrected chi connectivity index (χ1v) is 6.45. The van der Waals surface area contributed by atoms with Gasteiger partial charge in [0.15, 0.2) is 0 Å². The average Bonchev–Trinajstić information content (AvgIpc) is 3.18. The van der Waals surface area contributed by atoms with Crippen molar-refractivity contribution in [2.24, 2.45) is 0 Å². The smallest absolute Gasteiger partial charge is 0.137 e. The fourth-order valence-corrected chi connectivity index (χ4v) is 2.51. The van der Waals surface area contributed by atoms with Crippen LogP contribution in [0.2, 0.25) is 0 Å². The maximum absolute atomic E-state index is 4.34. The molecule has 0 amide bonds. The average molecular weight is 260 g/mol. The first-order chi connectivity index (χ1) is 9.93. The Morgan fingerprint density at radius 1 is 0.900 bits per heavy atom. The minimum Gasteiger partial charge on any atom is -0.346 e. The Bertz CT molecular complexity index is 859. The maximum Gasteiger partial charge on any atom is 0.137 e. The molecule has 3 heterocycles. The zero-order valence-corrected chi connectivity index (χ0v) is 10.7. The van der Waals surface area contributed by atoms with E-state index in [1.807, 2.05) is 47.5 Å². The van der Waals surface area contributed by atoms with Gasteiger partial charge in [-0.1, -0.05) is 18.2 Å². The summed E-state index contributed by atoms with van der Waals surface area (Å²) in [5.41, 5.74) is 4.26. The standard InChI is InChI=1S/C16H12N4/c1-2-5-15(20-11-3-8-19-20)13(4-1)12-6-9-17-16-14(12)7-10-18-16/h1-11H,(H,17,18). The van der Waals surface area contributed by atoms with Crippen molar-refractivity contribution >= 4 is 11.0 Å². The molecule has 4 heteroatoms. The first kappa shape index (κ1) is 11.0. The Balaban J connectivity index is 2.02. The van der Waals surface area contributed by atoms with Crippen LogP contribution < -0.4 is 0 Å². The summed E-state index contributed by atoms with van der Waals surface area (Å²) < 4.78 is 1.88. The summed E-state index contributed by atoms with van der Waals surface area (Å²) in [6, 6.07) is 14.3. The molecule has 0 aliphatic rings. The van der Waals surface area contributed by atoms with E-state index in [1.165, 1.54) is 0 Å². The molecule has 4 nitrogen and oxygen atoms in total. The Hall–Kier alpha value is -2.88. The Morgan fingerprint density at radius 2 is 1.85 bits per heavy atom. The van der Waals surface area contributed by atoms with Crippen molar-refractivity contribution in [3.05, 3.63) is 67.3 Å². The van der Waals surface area contributed by atoms with Gasteiger partial charge in [0, 0.05) is 35.7 Å². The molecule has 0 saturated carbocycles. The number of aromatic nitrogens is 4. The number of H-pyrrole nitrogens is 1. The second-order valence-corrected chi connectivity index (χ2v) is 4.57. The van der Waals surface area contributed by atoms with E-state index in [-0.39, 0.29) is 0 Å². The van der Waals surface area contributed by atoms with Crippen molar-refractivity contribution in [3.8, 4) is 16.8 Å². The molecule has 0 aliphatic heterocycles. The molecule has 0 spiro atoms. The lowest BCUT2D eigenvalue weighted by Gasteiger charge is -2.10. The largest absolute Gasteiger partial charge is 0.346 e. The summed E-state index contributed by atoms with van der Waals surface area (Å²) >= 11 is 0. The van der Waals surface area contributed by atoms with E-state index in [0.29, 0.717) is 0 Å². The molecule has 1 N–H and O–H groups in total. The van der Waals surface area contributed by atoms with Gasteiger partial charge in [0.2, 0.25) is 0 Å². The molecule has 4 rings (SSSR count). The molecule has 0 radical (unpaired) electrons. The zero-order valence-electron chi connectivity index (χ0n) is 10.7. The highest BCUT2D eigenvalue weighted by atomic mass is 15.3. The van der Waals surface area contributed by atoms with Crippen LogP contribution in [0.15, 0.2) is 67.3 Å². The highest BCUT2D eigenvalue weighted by molar-refractivity contribution is 5.95. The maximum atomic E-state index is 4.34. The molecule has 96 valence electrons. The monoisotopic (exact) mass is 260 g/mol. The lowest BCUT2D eigenvalue weighted by Crippen LogP contribution is -1.97. The van der Waals surface area contributed by atoms with E-state index in [1.54, 1.807) is 6.20 Å². The van der Waals surface area contributed by atoms with Gasteiger partial charge in [-0.2, -0.15) is 5.10 Å². The number of pyridine rings is 1. The predicted molar refractivity (Wildman–Crippen MR) is 78.7 cm³/mol. The van der Waals surface area contributed by atoms with Crippen LogP contribution in [0.25, 0.3) is 27.8 Å². The van der Waals surface area contributed by atoms with Gasteiger partial charge in [-0.15, -0.1) is 0 Å². The quantitative estimate of drug-likeness (QED) is 0.600. The van der Waals surface area contributed by atoms with Crippen molar-refractivity contribution < 1.29 is 0 Å². The number of rotatable bonds is 2. The molecule has 1 aromatic carbocycles. The van der Waals surface area contributed by atoms with Crippen LogP contribution in [0, 0.1) is 0 Å². The van der Waals surface area contributed by atoms with Gasteiger partial charge in [-0.25, -0.2) is 9.67 Å². The van der Waals surface area contributed by atoms with Crippen LogP contribution in [-0.2, 0) is 0 Å². The third-order valence-electron chi connectivity index (χ3n) is 3.41. The van der Waals surface area contributed by atoms with Gasteiger partial charge in [0.05, 0.1) is 5.69 Å². The fraction of sp³-hybridized carbons (Fsp3) is 0. The van der Waals surface area contributed by atoms with Gasteiger partial charge < -0.3 is 4.98 Å². The first-order valence-electron chi connectivity index (χ1n) is 6.45. The van der Waals surface area contributed by atoms with E-state index < -0.39 is 0 Å². The summed E-state index contributed by atoms with van der Waals surface area (Å²) in [6.07, 6.45) is 7.48. The Kier molecular flexibility index (Phi) is 2.39. The molecule has 0 unspecified atom stereocenters. The summed E-state index contributed by atoms with van der Waals surface area (Å²) in [5, 5.41) is 5.45. The minimum absolute atomic E-state index is 0.901. The van der Waals surface area contributed by atoms with Crippen LogP contribution in [-0.4, -0.2) is 19.7 Å². The Morgan fingerprint density at radius 3 is 2.75 bits per heavy atom. The number of para-hydroxylation sites is 1. The second-order valence-electron chi connectivity index (χ2n) is 4.57. The van der Waals surface area contributed by atoms with Crippen molar-refractivity contribution in [3.63, 3.8) is 0 Å². The topological polar surface area (TPSA) is 46.5 Å². The van der Waals surface area contributed by atoms with Crippen molar-refractivity contribution in [1.29, 1.82) is 0 Å². The molecule has 0 aliphatic carbocycles. The van der Waals surface area contributed by atoms with Gasteiger partial charge in [0.25, 0.3) is 0 Å². The SMILES string of the molecule is c1ccc(-n2cccn2)c(-c2ccnc3[nH]ccc23)c1. The Labute approximate surface area is 115 Å². The number of aromatic amines is 1. The van der Waals surface area contributed by atoms with Crippen LogP contribution in [0.3, 0.4) is 0 Å². The summed E-state index contributed by atoms with van der Waals surface area (Å²) in [6.45, 7) is 0. The third kappa shape index (κ3) is 1.62. The molecule has 3 aromatic heterocycles. The normalized spacial score (nSPS) is 11.0. The fourth-order valence-electron chi connectivity index (χ4n) is 2.51. The molecule has 4 aromatic rings. The van der Waals surface area contributed by atoms with Gasteiger partial charge in [-0.05, 0) is 29.8 Å². The van der Waals surface area contributed by atoms with E-state index in [9.17, 15) is 0 Å². The molecule has 20 heavy (non-hydrogen) atoms. The van der Waals surface area contributed by atoms with Gasteiger partial charge in [-0.3, -0.25) is 0 Å². The number of benzene rings is 1. The summed E-state index contributed by atoms with van der Waals surface area (Å²) in [7, 11) is 0. The van der Waals surface area contributed by atoms with E-state index in [2.05, 4.69) is 33.3 Å². The molecular weight excluding hydrogens is 248 g/mol. The van der Waals surface area contributed by atoms with Gasteiger partial charge >= 0.3 is 0 Å². The molecule has 0 saturated heterocycles. The molecular formula is C16H12N4.